The minimum absolute atomic E-state index is 0.160. The van der Waals surface area contributed by atoms with Crippen LogP contribution in [0, 0.1) is 0 Å². The molecule has 0 heterocycles. The van der Waals surface area contributed by atoms with E-state index in [0.29, 0.717) is 0 Å². The van der Waals surface area contributed by atoms with Gasteiger partial charge in [-0.3, -0.25) is 0 Å². The Kier molecular flexibility index (Phi) is 6.14. The zero-order valence-corrected chi connectivity index (χ0v) is 19.3. The van der Waals surface area contributed by atoms with Crippen molar-refractivity contribution in [2.75, 3.05) is 0 Å². The average molecular weight is 399 g/mol. The fourth-order valence-electron chi connectivity index (χ4n) is 4.01. The number of benzene rings is 2. The van der Waals surface area contributed by atoms with Crippen molar-refractivity contribution in [3.63, 3.8) is 0 Å². The van der Waals surface area contributed by atoms with Crippen LogP contribution in [0.2, 0.25) is 0 Å². The smallest absolute Gasteiger partial charge is 0.120 e. The van der Waals surface area contributed by atoms with E-state index in [1.54, 1.807) is 0 Å². The number of nitrogens with two attached hydrogens (primary N) is 2. The van der Waals surface area contributed by atoms with Gasteiger partial charge in [-0.25, -0.2) is 0 Å². The molecule has 0 atom stereocenters. The van der Waals surface area contributed by atoms with Crippen LogP contribution in [0.4, 0.5) is 0 Å². The van der Waals surface area contributed by atoms with Gasteiger partial charge in [0.15, 0.2) is 0 Å². The van der Waals surface area contributed by atoms with Crippen LogP contribution in [0.5, 0.6) is 11.5 Å². The first-order valence-corrected chi connectivity index (χ1v) is 10.3. The van der Waals surface area contributed by atoms with E-state index in [1.165, 1.54) is 0 Å². The summed E-state index contributed by atoms with van der Waals surface area (Å²) < 4.78 is 0. The van der Waals surface area contributed by atoms with E-state index in [-0.39, 0.29) is 40.8 Å². The number of rotatable bonds is 4. The fourth-order valence-corrected chi connectivity index (χ4v) is 4.01. The quantitative estimate of drug-likeness (QED) is 0.587. The summed E-state index contributed by atoms with van der Waals surface area (Å²) in [5.74, 6) is 0.475. The zero-order chi connectivity index (χ0) is 22.4. The highest BCUT2D eigenvalue weighted by Crippen LogP contribution is 2.45. The Balaban J connectivity index is 2.93. The van der Waals surface area contributed by atoms with Gasteiger partial charge in [-0.05, 0) is 57.3 Å². The first-order chi connectivity index (χ1) is 13.1. The molecule has 0 saturated carbocycles. The second-order valence-electron chi connectivity index (χ2n) is 10.6. The molecule has 29 heavy (non-hydrogen) atoms. The highest BCUT2D eigenvalue weighted by molar-refractivity contribution is 5.56. The Hall–Kier alpha value is -2.04. The van der Waals surface area contributed by atoms with Crippen LogP contribution in [0.25, 0.3) is 0 Å². The Morgan fingerprint density at radius 3 is 1.14 bits per heavy atom. The maximum absolute atomic E-state index is 10.5. The molecular formula is C25H38N2O2. The molecule has 0 aromatic heterocycles. The van der Waals surface area contributed by atoms with E-state index in [1.807, 2.05) is 24.3 Å². The molecule has 4 nitrogen and oxygen atoms in total. The summed E-state index contributed by atoms with van der Waals surface area (Å²) in [6, 6.07) is 7.80. The minimum Gasteiger partial charge on any atom is -0.508 e. The molecule has 160 valence electrons. The van der Waals surface area contributed by atoms with Gasteiger partial charge in [0.2, 0.25) is 0 Å². The van der Waals surface area contributed by atoms with Crippen LogP contribution in [-0.2, 0) is 29.3 Å². The third-order valence-electron chi connectivity index (χ3n) is 5.84. The monoisotopic (exact) mass is 398 g/mol. The predicted octanol–water partition coefficient (Wildman–Crippen LogP) is 4.94. The lowest BCUT2D eigenvalue weighted by Crippen LogP contribution is -2.30. The third kappa shape index (κ3) is 4.44. The van der Waals surface area contributed by atoms with Crippen molar-refractivity contribution >= 4 is 0 Å². The largest absolute Gasteiger partial charge is 0.508 e. The topological polar surface area (TPSA) is 92.5 Å². The SMILES string of the molecule is CC(C)(C)c1cc(O)c(CN)cc1C(C)(C)c1cc(CN)c(O)cc1C(C)(C)C. The maximum atomic E-state index is 10.5. The lowest BCUT2D eigenvalue weighted by atomic mass is 9.66. The lowest BCUT2D eigenvalue weighted by Gasteiger charge is -2.37. The van der Waals surface area contributed by atoms with Crippen LogP contribution in [0.3, 0.4) is 0 Å². The van der Waals surface area contributed by atoms with Gasteiger partial charge >= 0.3 is 0 Å². The molecule has 2 rings (SSSR count). The van der Waals surface area contributed by atoms with E-state index in [4.69, 9.17) is 11.5 Å². The van der Waals surface area contributed by atoms with Gasteiger partial charge in [0.1, 0.15) is 11.5 Å². The van der Waals surface area contributed by atoms with Gasteiger partial charge in [-0.1, -0.05) is 55.4 Å². The Bertz CT molecular complexity index is 827. The summed E-state index contributed by atoms with van der Waals surface area (Å²) in [6.45, 7) is 17.8. The van der Waals surface area contributed by atoms with Crippen molar-refractivity contribution in [3.05, 3.63) is 57.6 Å². The molecule has 0 aliphatic heterocycles. The summed E-state index contributed by atoms with van der Waals surface area (Å²) in [5.41, 5.74) is 17.0. The number of phenols is 2. The van der Waals surface area contributed by atoms with E-state index in [2.05, 4.69) is 55.4 Å². The first kappa shape index (κ1) is 23.2. The molecule has 0 amide bonds. The Morgan fingerprint density at radius 1 is 0.586 bits per heavy atom. The summed E-state index contributed by atoms with van der Waals surface area (Å²) >= 11 is 0. The molecule has 0 aliphatic rings. The van der Waals surface area contributed by atoms with Crippen molar-refractivity contribution in [2.45, 2.75) is 84.7 Å². The summed E-state index contributed by atoms with van der Waals surface area (Å²) in [4.78, 5) is 0. The molecule has 0 fully saturated rings. The molecule has 6 N–H and O–H groups in total. The van der Waals surface area contributed by atoms with Gasteiger partial charge in [0.25, 0.3) is 0 Å². The normalized spacial score (nSPS) is 13.0. The molecule has 0 bridgehead atoms. The van der Waals surface area contributed by atoms with Crippen LogP contribution >= 0.6 is 0 Å². The zero-order valence-electron chi connectivity index (χ0n) is 19.3. The molecule has 0 saturated heterocycles. The maximum Gasteiger partial charge on any atom is 0.120 e. The minimum atomic E-state index is -0.388. The van der Waals surface area contributed by atoms with Gasteiger partial charge in [-0.2, -0.15) is 0 Å². The van der Waals surface area contributed by atoms with Crippen LogP contribution in [0.15, 0.2) is 24.3 Å². The summed E-state index contributed by atoms with van der Waals surface area (Å²) in [6.07, 6.45) is 0. The molecular weight excluding hydrogens is 360 g/mol. The van der Waals surface area contributed by atoms with E-state index in [0.717, 1.165) is 33.4 Å². The van der Waals surface area contributed by atoms with Crippen LogP contribution in [-0.4, -0.2) is 10.2 Å². The lowest BCUT2D eigenvalue weighted by molar-refractivity contribution is 0.456. The van der Waals surface area contributed by atoms with Crippen molar-refractivity contribution in [1.29, 1.82) is 0 Å². The van der Waals surface area contributed by atoms with Crippen molar-refractivity contribution < 1.29 is 10.2 Å². The Labute approximate surface area is 176 Å². The number of hydrogen-bond donors (Lipinski definition) is 4. The van der Waals surface area contributed by atoms with Crippen molar-refractivity contribution in [2.24, 2.45) is 11.5 Å². The van der Waals surface area contributed by atoms with E-state index in [9.17, 15) is 10.2 Å². The van der Waals surface area contributed by atoms with E-state index >= 15 is 0 Å². The molecule has 0 radical (unpaired) electrons. The standard InChI is InChI=1S/C25H38N2O2/c1-23(2,3)17-11-21(28)15(13-26)9-19(17)25(7,8)20-10-16(14-27)22(29)12-18(20)24(4,5)6/h9-12,28-29H,13-14,26-27H2,1-8H3. The van der Waals surface area contributed by atoms with Crippen molar-refractivity contribution in [1.82, 2.24) is 0 Å². The summed E-state index contributed by atoms with van der Waals surface area (Å²) in [5, 5.41) is 21.0. The second kappa shape index (κ2) is 7.66. The van der Waals surface area contributed by atoms with Gasteiger partial charge in [0.05, 0.1) is 0 Å². The molecule has 2 aromatic rings. The molecule has 4 heteroatoms. The van der Waals surface area contributed by atoms with Crippen LogP contribution in [0.1, 0.15) is 88.8 Å². The molecule has 0 unspecified atom stereocenters. The summed E-state index contributed by atoms with van der Waals surface area (Å²) in [7, 11) is 0. The number of phenolic OH excluding ortho intramolecular Hbond substituents is 2. The highest BCUT2D eigenvalue weighted by atomic mass is 16.3. The van der Waals surface area contributed by atoms with Gasteiger partial charge < -0.3 is 21.7 Å². The third-order valence-corrected chi connectivity index (χ3v) is 5.84. The first-order valence-electron chi connectivity index (χ1n) is 10.3. The number of aromatic hydroxyl groups is 2. The van der Waals surface area contributed by atoms with Crippen LogP contribution < -0.4 is 11.5 Å². The Morgan fingerprint density at radius 2 is 0.897 bits per heavy atom. The average Bonchev–Trinajstić information content (AvgIpc) is 2.59. The second-order valence-corrected chi connectivity index (χ2v) is 10.6. The van der Waals surface area contributed by atoms with Crippen molar-refractivity contribution in [3.8, 4) is 11.5 Å². The fraction of sp³-hybridized carbons (Fsp3) is 0.520. The molecule has 0 aliphatic carbocycles. The molecule has 0 spiro atoms. The predicted molar refractivity (Wildman–Crippen MR) is 122 cm³/mol. The van der Waals surface area contributed by atoms with Gasteiger partial charge in [-0.15, -0.1) is 0 Å². The number of hydrogen-bond acceptors (Lipinski definition) is 4. The highest BCUT2D eigenvalue weighted by Gasteiger charge is 2.35. The molecule has 2 aromatic carbocycles. The van der Waals surface area contributed by atoms with Gasteiger partial charge in [0, 0.05) is 29.6 Å². The van der Waals surface area contributed by atoms with E-state index < -0.39 is 0 Å².